The van der Waals surface area contributed by atoms with Crippen LogP contribution in [0.15, 0.2) is 47.1 Å². The van der Waals surface area contributed by atoms with Crippen molar-refractivity contribution in [2.24, 2.45) is 17.3 Å². The van der Waals surface area contributed by atoms with Crippen LogP contribution < -0.4 is 5.32 Å². The summed E-state index contributed by atoms with van der Waals surface area (Å²) in [6.45, 7) is 7.50. The van der Waals surface area contributed by atoms with Crippen molar-refractivity contribution in [3.05, 3.63) is 58.2 Å². The second-order valence-corrected chi connectivity index (χ2v) is 12.4. The van der Waals surface area contributed by atoms with Crippen LogP contribution in [0, 0.1) is 17.3 Å². The van der Waals surface area contributed by atoms with E-state index >= 15 is 0 Å². The largest absolute Gasteiger partial charge is 0.393 e. The van der Waals surface area contributed by atoms with Gasteiger partial charge in [-0.25, -0.2) is 0 Å². The summed E-state index contributed by atoms with van der Waals surface area (Å²) in [5.41, 5.74) is 6.07. The van der Waals surface area contributed by atoms with Gasteiger partial charge in [-0.3, -0.25) is 14.5 Å². The van der Waals surface area contributed by atoms with E-state index in [4.69, 9.17) is 4.74 Å². The molecule has 2 N–H and O–H groups in total. The second kappa shape index (κ2) is 10.7. The Morgan fingerprint density at radius 1 is 1.11 bits per heavy atom. The molecule has 5 unspecified atom stereocenters. The number of aliphatic hydroxyl groups excluding tert-OH is 1. The normalized spacial score (nSPS) is 33.3. The van der Waals surface area contributed by atoms with Crippen molar-refractivity contribution in [1.82, 2.24) is 10.2 Å². The van der Waals surface area contributed by atoms with Crippen LogP contribution in [0.25, 0.3) is 0 Å². The number of benzene rings is 1. The van der Waals surface area contributed by atoms with Crippen LogP contribution in [0.1, 0.15) is 80.1 Å². The number of aliphatic hydroxyl groups is 1. The summed E-state index contributed by atoms with van der Waals surface area (Å²) in [5.74, 6) is 1.46. The van der Waals surface area contributed by atoms with Gasteiger partial charge in [0.15, 0.2) is 5.78 Å². The van der Waals surface area contributed by atoms with Gasteiger partial charge < -0.3 is 15.2 Å². The maximum absolute atomic E-state index is 12.8. The Morgan fingerprint density at radius 2 is 1.89 bits per heavy atom. The van der Waals surface area contributed by atoms with Gasteiger partial charge in [0.2, 0.25) is 0 Å². The van der Waals surface area contributed by atoms with E-state index < -0.39 is 0 Å². The molecular formula is C32H42N2O4. The molecule has 38 heavy (non-hydrogen) atoms. The van der Waals surface area contributed by atoms with E-state index in [0.717, 1.165) is 77.8 Å². The maximum atomic E-state index is 12.8. The fourth-order valence-corrected chi connectivity index (χ4v) is 8.23. The average molecular weight is 519 g/mol. The Morgan fingerprint density at radius 3 is 2.68 bits per heavy atom. The zero-order valence-corrected chi connectivity index (χ0v) is 22.7. The van der Waals surface area contributed by atoms with Crippen LogP contribution in [-0.2, 0) is 9.53 Å². The minimum absolute atomic E-state index is 0.0194. The summed E-state index contributed by atoms with van der Waals surface area (Å²) in [6, 6.07) is 8.20. The highest BCUT2D eigenvalue weighted by molar-refractivity contribution is 5.94. The smallest absolute Gasteiger partial charge is 0.251 e. The van der Waals surface area contributed by atoms with Gasteiger partial charge in [-0.2, -0.15) is 0 Å². The number of hydrogen-bond acceptors (Lipinski definition) is 5. The van der Waals surface area contributed by atoms with Crippen LogP contribution in [0.4, 0.5) is 0 Å². The average Bonchev–Trinajstić information content (AvgIpc) is 3.24. The van der Waals surface area contributed by atoms with Gasteiger partial charge in [0.25, 0.3) is 5.91 Å². The molecule has 1 aromatic rings. The van der Waals surface area contributed by atoms with E-state index in [2.05, 4.69) is 29.3 Å². The Kier molecular flexibility index (Phi) is 7.32. The number of carbonyl (C=O) groups is 2. The molecule has 5 aliphatic rings. The molecule has 5 atom stereocenters. The summed E-state index contributed by atoms with van der Waals surface area (Å²) in [6.07, 6.45) is 9.01. The van der Waals surface area contributed by atoms with Crippen LogP contribution >= 0.6 is 0 Å². The van der Waals surface area contributed by atoms with Gasteiger partial charge in [-0.15, -0.1) is 0 Å². The number of fused-ring (bicyclic) bond motifs is 4. The predicted molar refractivity (Wildman–Crippen MR) is 147 cm³/mol. The third-order valence-corrected chi connectivity index (χ3v) is 10.3. The summed E-state index contributed by atoms with van der Waals surface area (Å²) >= 11 is 0. The van der Waals surface area contributed by atoms with Crippen LogP contribution in [-0.4, -0.2) is 67.2 Å². The minimum Gasteiger partial charge on any atom is -0.393 e. The quantitative estimate of drug-likeness (QED) is 0.546. The first kappa shape index (κ1) is 26.0. The topological polar surface area (TPSA) is 78.9 Å². The lowest BCUT2D eigenvalue weighted by atomic mass is 9.53. The van der Waals surface area contributed by atoms with E-state index in [1.807, 2.05) is 18.2 Å². The lowest BCUT2D eigenvalue weighted by Gasteiger charge is -2.52. The molecule has 1 amide bonds. The fraction of sp³-hybridized carbons (Fsp3) is 0.625. The standard InChI is InChI=1S/C32H42N2O4/c1-32-20-27(21-3-5-22(6-4-21)31(37)33-13-2-14-34-15-17-38-18-16-34)30-25-10-8-24(35)19-23(25)7-9-26(30)28(32)11-12-29(32)36/h3-6,19,26-29,36H,2,7-18,20H2,1H3,(H,33,37). The van der Waals surface area contributed by atoms with E-state index in [1.54, 1.807) is 0 Å². The lowest BCUT2D eigenvalue weighted by molar-refractivity contribution is -0.114. The van der Waals surface area contributed by atoms with Crippen LogP contribution in [0.3, 0.4) is 0 Å². The third-order valence-electron chi connectivity index (χ3n) is 10.3. The van der Waals surface area contributed by atoms with Gasteiger partial charge in [-0.1, -0.05) is 24.6 Å². The summed E-state index contributed by atoms with van der Waals surface area (Å²) in [7, 11) is 0. The number of ether oxygens (including phenoxy) is 1. The SMILES string of the molecule is CC12CC(c3ccc(C(=O)NCCCN4CCOCC4)cc3)C3=C4CCC(=O)C=C4CCC3C1CCC2O. The van der Waals surface area contributed by atoms with Gasteiger partial charge >= 0.3 is 0 Å². The Balaban J connectivity index is 1.20. The second-order valence-electron chi connectivity index (χ2n) is 12.4. The van der Waals surface area contributed by atoms with E-state index in [1.165, 1.54) is 22.3 Å². The third kappa shape index (κ3) is 4.80. The van der Waals surface area contributed by atoms with Gasteiger partial charge in [0, 0.05) is 37.5 Å². The molecule has 6 nitrogen and oxygen atoms in total. The Hall–Kier alpha value is -2.28. The maximum Gasteiger partial charge on any atom is 0.251 e. The number of nitrogens with zero attached hydrogens (tertiary/aromatic N) is 1. The van der Waals surface area contributed by atoms with Crippen molar-refractivity contribution in [1.29, 1.82) is 0 Å². The number of hydrogen-bond donors (Lipinski definition) is 2. The highest BCUT2D eigenvalue weighted by Crippen LogP contribution is 2.63. The van der Waals surface area contributed by atoms with Crippen molar-refractivity contribution in [2.75, 3.05) is 39.4 Å². The Bertz CT molecular complexity index is 1130. The number of amides is 1. The molecule has 1 aromatic carbocycles. The molecule has 6 heteroatoms. The highest BCUT2D eigenvalue weighted by atomic mass is 16.5. The summed E-state index contributed by atoms with van der Waals surface area (Å²) < 4.78 is 5.40. The monoisotopic (exact) mass is 518 g/mol. The number of nitrogens with one attached hydrogen (secondary N) is 1. The number of allylic oxidation sites excluding steroid dienone is 4. The van der Waals surface area contributed by atoms with Crippen molar-refractivity contribution >= 4 is 11.7 Å². The minimum atomic E-state index is -0.256. The summed E-state index contributed by atoms with van der Waals surface area (Å²) in [4.78, 5) is 27.4. The molecule has 0 aromatic heterocycles. The molecule has 204 valence electrons. The first-order valence-electron chi connectivity index (χ1n) is 14.8. The molecule has 0 spiro atoms. The van der Waals surface area contributed by atoms with Crippen LogP contribution in [0.2, 0.25) is 0 Å². The zero-order valence-electron chi connectivity index (χ0n) is 22.7. The summed E-state index contributed by atoms with van der Waals surface area (Å²) in [5, 5.41) is 14.2. The molecule has 0 radical (unpaired) electrons. The van der Waals surface area contributed by atoms with Crippen molar-refractivity contribution in [3.8, 4) is 0 Å². The van der Waals surface area contributed by atoms with Gasteiger partial charge in [0.1, 0.15) is 0 Å². The molecular weight excluding hydrogens is 476 g/mol. The number of rotatable bonds is 6. The van der Waals surface area contributed by atoms with Crippen molar-refractivity contribution in [2.45, 2.75) is 70.3 Å². The lowest BCUT2D eigenvalue weighted by Crippen LogP contribution is -2.45. The molecule has 1 heterocycles. The molecule has 1 saturated heterocycles. The Labute approximate surface area is 226 Å². The molecule has 2 saturated carbocycles. The van der Waals surface area contributed by atoms with E-state index in [0.29, 0.717) is 30.4 Å². The van der Waals surface area contributed by atoms with Gasteiger partial charge in [-0.05, 0) is 104 Å². The van der Waals surface area contributed by atoms with E-state index in [-0.39, 0.29) is 29.1 Å². The zero-order chi connectivity index (χ0) is 26.3. The molecule has 6 rings (SSSR count). The molecule has 1 aliphatic heterocycles. The predicted octanol–water partition coefficient (Wildman–Crippen LogP) is 4.40. The fourth-order valence-electron chi connectivity index (χ4n) is 8.23. The number of morpholine rings is 1. The van der Waals surface area contributed by atoms with Gasteiger partial charge in [0.05, 0.1) is 19.3 Å². The molecule has 0 bridgehead atoms. The van der Waals surface area contributed by atoms with E-state index in [9.17, 15) is 14.7 Å². The highest BCUT2D eigenvalue weighted by Gasteiger charge is 2.56. The molecule has 4 aliphatic carbocycles. The number of carbonyl (C=O) groups excluding carboxylic acids is 2. The first-order chi connectivity index (χ1) is 18.4. The molecule has 3 fully saturated rings. The first-order valence-corrected chi connectivity index (χ1v) is 14.8. The van der Waals surface area contributed by atoms with Crippen LogP contribution in [0.5, 0.6) is 0 Å². The number of ketones is 1. The van der Waals surface area contributed by atoms with Crippen molar-refractivity contribution < 1.29 is 19.4 Å². The van der Waals surface area contributed by atoms with Crippen molar-refractivity contribution in [3.63, 3.8) is 0 Å².